The van der Waals surface area contributed by atoms with Crippen LogP contribution in [0.2, 0.25) is 0 Å². The highest BCUT2D eigenvalue weighted by atomic mass is 16.5. The summed E-state index contributed by atoms with van der Waals surface area (Å²) in [6, 6.07) is 15.0. The van der Waals surface area contributed by atoms with E-state index in [9.17, 15) is 14.4 Å². The van der Waals surface area contributed by atoms with E-state index >= 15 is 0 Å². The van der Waals surface area contributed by atoms with E-state index in [2.05, 4.69) is 22.8 Å². The highest BCUT2D eigenvalue weighted by Gasteiger charge is 2.32. The Morgan fingerprint density at radius 3 is 2.35 bits per heavy atom. The number of aliphatic carboxylic acids is 1. The molecule has 34 heavy (non-hydrogen) atoms. The zero-order valence-corrected chi connectivity index (χ0v) is 19.2. The fourth-order valence-electron chi connectivity index (χ4n) is 4.59. The van der Waals surface area contributed by atoms with Gasteiger partial charge in [-0.15, -0.1) is 0 Å². The van der Waals surface area contributed by atoms with E-state index in [0.717, 1.165) is 28.7 Å². The molecule has 8 nitrogen and oxygen atoms in total. The van der Waals surface area contributed by atoms with E-state index in [1.807, 2.05) is 43.3 Å². The van der Waals surface area contributed by atoms with Gasteiger partial charge in [-0.05, 0) is 35.1 Å². The molecule has 0 saturated carbocycles. The van der Waals surface area contributed by atoms with E-state index in [1.165, 1.54) is 0 Å². The minimum absolute atomic E-state index is 0.0292. The molecule has 2 unspecified atom stereocenters. The minimum atomic E-state index is -1.04. The second kappa shape index (κ2) is 10.3. The van der Waals surface area contributed by atoms with Gasteiger partial charge in [0, 0.05) is 30.9 Å². The first-order valence-electron chi connectivity index (χ1n) is 11.5. The lowest BCUT2D eigenvalue weighted by Crippen LogP contribution is -2.49. The van der Waals surface area contributed by atoms with E-state index in [-0.39, 0.29) is 30.8 Å². The number of hydrogen-bond acceptors (Lipinski definition) is 5. The van der Waals surface area contributed by atoms with Crippen LogP contribution in [0.3, 0.4) is 0 Å². The largest absolute Gasteiger partial charge is 0.481 e. The number of nitrogens with one attached hydrogen (secondary N) is 2. The van der Waals surface area contributed by atoms with Crippen LogP contribution in [0.15, 0.2) is 48.5 Å². The Morgan fingerprint density at radius 2 is 1.76 bits per heavy atom. The van der Waals surface area contributed by atoms with Crippen LogP contribution in [-0.4, -0.2) is 55.5 Å². The van der Waals surface area contributed by atoms with Crippen molar-refractivity contribution in [3.63, 3.8) is 0 Å². The first-order valence-corrected chi connectivity index (χ1v) is 11.5. The van der Waals surface area contributed by atoms with Crippen LogP contribution in [0, 0.1) is 5.41 Å². The zero-order chi connectivity index (χ0) is 24.1. The third-order valence-electron chi connectivity index (χ3n) is 6.59. The molecular formula is C26H30N2O6. The number of benzene rings is 2. The molecule has 3 N–H and O–H groups in total. The normalized spacial score (nSPS) is 19.7. The number of carboxylic acids is 1. The van der Waals surface area contributed by atoms with Gasteiger partial charge in [0.25, 0.3) is 0 Å². The summed E-state index contributed by atoms with van der Waals surface area (Å²) in [5.41, 5.74) is 4.24. The third kappa shape index (κ3) is 5.39. The maximum atomic E-state index is 12.8. The van der Waals surface area contributed by atoms with Crippen molar-refractivity contribution in [1.29, 1.82) is 0 Å². The minimum Gasteiger partial charge on any atom is -0.481 e. The van der Waals surface area contributed by atoms with Gasteiger partial charge in [0.2, 0.25) is 5.91 Å². The Labute approximate surface area is 198 Å². The fraction of sp³-hybridized carbons (Fsp3) is 0.423. The number of ether oxygens (including phenoxy) is 2. The molecule has 4 rings (SSSR count). The molecule has 1 fully saturated rings. The molecule has 1 aliphatic heterocycles. The molecule has 0 aromatic heterocycles. The molecule has 2 atom stereocenters. The summed E-state index contributed by atoms with van der Waals surface area (Å²) < 4.78 is 10.9. The summed E-state index contributed by atoms with van der Waals surface area (Å²) in [5.74, 6) is -1.57. The molecule has 2 amide bonds. The number of fused-ring (bicyclic) bond motifs is 3. The molecule has 8 heteroatoms. The number of amides is 2. The van der Waals surface area contributed by atoms with E-state index in [4.69, 9.17) is 14.6 Å². The summed E-state index contributed by atoms with van der Waals surface area (Å²) >= 11 is 0. The number of carbonyl (C=O) groups excluding carboxylic acids is 2. The van der Waals surface area contributed by atoms with Crippen molar-refractivity contribution in [2.75, 3.05) is 26.4 Å². The molecule has 0 bridgehead atoms. The van der Waals surface area contributed by atoms with Crippen LogP contribution in [0.4, 0.5) is 4.79 Å². The first-order chi connectivity index (χ1) is 16.4. The summed E-state index contributed by atoms with van der Waals surface area (Å²) in [5, 5.41) is 14.5. The van der Waals surface area contributed by atoms with Crippen molar-refractivity contribution in [2.24, 2.45) is 5.41 Å². The summed E-state index contributed by atoms with van der Waals surface area (Å²) in [6.45, 7) is 3.72. The lowest BCUT2D eigenvalue weighted by atomic mass is 9.90. The average molecular weight is 467 g/mol. The maximum absolute atomic E-state index is 12.8. The smallest absolute Gasteiger partial charge is 0.407 e. The van der Waals surface area contributed by atoms with Crippen LogP contribution in [-0.2, 0) is 19.1 Å². The Kier molecular flexibility index (Phi) is 7.17. The second-order valence-corrected chi connectivity index (χ2v) is 9.29. The Morgan fingerprint density at radius 1 is 1.12 bits per heavy atom. The Hall–Kier alpha value is -3.39. The van der Waals surface area contributed by atoms with Gasteiger partial charge >= 0.3 is 12.1 Å². The molecule has 2 aromatic carbocycles. The number of hydrogen-bond donors (Lipinski definition) is 3. The van der Waals surface area contributed by atoms with E-state index in [0.29, 0.717) is 19.8 Å². The molecule has 0 spiro atoms. The van der Waals surface area contributed by atoms with Crippen LogP contribution in [0.25, 0.3) is 11.1 Å². The van der Waals surface area contributed by atoms with Crippen LogP contribution >= 0.6 is 0 Å². The molecule has 2 aromatic rings. The number of carboxylic acid groups (broad SMARTS) is 1. The van der Waals surface area contributed by atoms with Crippen LogP contribution in [0.1, 0.15) is 43.2 Å². The van der Waals surface area contributed by atoms with Crippen molar-refractivity contribution in [2.45, 2.75) is 38.1 Å². The average Bonchev–Trinajstić information content (AvgIpc) is 3.40. The molecule has 2 aliphatic rings. The van der Waals surface area contributed by atoms with Crippen molar-refractivity contribution in [3.8, 4) is 11.1 Å². The van der Waals surface area contributed by atoms with Gasteiger partial charge in [-0.25, -0.2) is 4.79 Å². The zero-order valence-electron chi connectivity index (χ0n) is 19.2. The number of alkyl carbamates (subject to hydrolysis) is 1. The highest BCUT2D eigenvalue weighted by Crippen LogP contribution is 2.44. The highest BCUT2D eigenvalue weighted by molar-refractivity contribution is 5.86. The van der Waals surface area contributed by atoms with Crippen molar-refractivity contribution < 1.29 is 29.0 Å². The van der Waals surface area contributed by atoms with Gasteiger partial charge < -0.3 is 25.2 Å². The quantitative estimate of drug-likeness (QED) is 0.523. The van der Waals surface area contributed by atoms with Gasteiger partial charge in [-0.1, -0.05) is 55.5 Å². The van der Waals surface area contributed by atoms with Gasteiger partial charge in [0.05, 0.1) is 6.61 Å². The van der Waals surface area contributed by atoms with Gasteiger partial charge in [0.1, 0.15) is 12.6 Å². The molecule has 0 radical (unpaired) electrons. The first kappa shape index (κ1) is 23.8. The predicted octanol–water partition coefficient (Wildman–Crippen LogP) is 3.30. The number of rotatable bonds is 9. The predicted molar refractivity (Wildman–Crippen MR) is 125 cm³/mol. The number of carbonyl (C=O) groups is 3. The summed E-state index contributed by atoms with van der Waals surface area (Å²) in [6.07, 6.45) is -0.198. The monoisotopic (exact) mass is 466 g/mol. The van der Waals surface area contributed by atoms with E-state index in [1.54, 1.807) is 0 Å². The lowest BCUT2D eigenvalue weighted by molar-refractivity contribution is -0.137. The Bertz CT molecular complexity index is 1020. The van der Waals surface area contributed by atoms with E-state index < -0.39 is 24.0 Å². The molecule has 1 saturated heterocycles. The second-order valence-electron chi connectivity index (χ2n) is 9.29. The van der Waals surface area contributed by atoms with Crippen LogP contribution < -0.4 is 10.6 Å². The van der Waals surface area contributed by atoms with Gasteiger partial charge in [-0.3, -0.25) is 9.59 Å². The lowest BCUT2D eigenvalue weighted by Gasteiger charge is -2.24. The van der Waals surface area contributed by atoms with Crippen molar-refractivity contribution in [1.82, 2.24) is 10.6 Å². The molecule has 1 heterocycles. The topological polar surface area (TPSA) is 114 Å². The Balaban J connectivity index is 1.38. The summed E-state index contributed by atoms with van der Waals surface area (Å²) in [7, 11) is 0. The molecule has 1 aliphatic carbocycles. The fourth-order valence-corrected chi connectivity index (χ4v) is 4.59. The van der Waals surface area contributed by atoms with Crippen LogP contribution in [0.5, 0.6) is 0 Å². The van der Waals surface area contributed by atoms with Gasteiger partial charge in [-0.2, -0.15) is 0 Å². The SMILES string of the molecule is CC1(CNC(=O)C(CCC(=O)O)NC(=O)OCC2c3ccccc3-c3ccccc32)CCOC1. The maximum Gasteiger partial charge on any atom is 0.407 e. The molecule has 180 valence electrons. The van der Waals surface area contributed by atoms with Crippen molar-refractivity contribution in [3.05, 3.63) is 59.7 Å². The van der Waals surface area contributed by atoms with Crippen molar-refractivity contribution >= 4 is 18.0 Å². The summed E-state index contributed by atoms with van der Waals surface area (Å²) in [4.78, 5) is 36.5. The third-order valence-corrected chi connectivity index (χ3v) is 6.59. The standard InChI is InChI=1S/C26H30N2O6/c1-26(12-13-33-16-26)15-27-24(31)22(10-11-23(29)30)28-25(32)34-14-21-19-8-4-2-6-17(19)18-7-3-5-9-20(18)21/h2-9,21-22H,10-16H2,1H3,(H,27,31)(H,28,32)(H,29,30). The van der Waals surface area contributed by atoms with Gasteiger partial charge in [0.15, 0.2) is 0 Å². The molecular weight excluding hydrogens is 436 g/mol.